The first-order valence-electron chi connectivity index (χ1n) is 5.49. The minimum Gasteiger partial charge on any atom is -0.377 e. The van der Waals surface area contributed by atoms with Crippen LogP contribution in [0.15, 0.2) is 0 Å². The molecule has 0 aliphatic carbocycles. The van der Waals surface area contributed by atoms with Crippen molar-refractivity contribution >= 4 is 8.80 Å². The normalized spacial score (nSPS) is 12.0. The SMILES string of the molecule is CO[Si](CCc1c(F)c(F)c(F)c(F)c1F)(OC)OC. The molecule has 20 heavy (non-hydrogen) atoms. The van der Waals surface area contributed by atoms with Crippen LogP contribution < -0.4 is 0 Å². The van der Waals surface area contributed by atoms with Crippen LogP contribution in [0, 0.1) is 29.1 Å². The monoisotopic (exact) mass is 316 g/mol. The van der Waals surface area contributed by atoms with Crippen LogP contribution >= 0.6 is 0 Å². The Hall–Kier alpha value is -1.03. The summed E-state index contributed by atoms with van der Waals surface area (Å²) in [6.07, 6.45) is -0.465. The van der Waals surface area contributed by atoms with Crippen molar-refractivity contribution in [1.82, 2.24) is 0 Å². The number of hydrogen-bond acceptors (Lipinski definition) is 3. The highest BCUT2D eigenvalue weighted by atomic mass is 28.4. The summed E-state index contributed by atoms with van der Waals surface area (Å²) in [5.41, 5.74) is -0.913. The highest BCUT2D eigenvalue weighted by molar-refractivity contribution is 6.60. The number of hydrogen-bond donors (Lipinski definition) is 0. The lowest BCUT2D eigenvalue weighted by atomic mass is 10.1. The number of benzene rings is 1. The quantitative estimate of drug-likeness (QED) is 0.350. The lowest BCUT2D eigenvalue weighted by Crippen LogP contribution is -2.43. The van der Waals surface area contributed by atoms with Crippen LogP contribution in [-0.4, -0.2) is 30.1 Å². The smallest absolute Gasteiger partial charge is 0.377 e. The Morgan fingerprint density at radius 1 is 0.700 bits per heavy atom. The van der Waals surface area contributed by atoms with Crippen LogP contribution in [0.4, 0.5) is 22.0 Å². The minimum absolute atomic E-state index is 0.130. The summed E-state index contributed by atoms with van der Waals surface area (Å²) in [6, 6.07) is -0.130. The summed E-state index contributed by atoms with van der Waals surface area (Å²) in [4.78, 5) is 0. The second kappa shape index (κ2) is 6.61. The zero-order chi connectivity index (χ0) is 15.5. The van der Waals surface area contributed by atoms with Gasteiger partial charge in [-0.05, 0) is 6.42 Å². The molecule has 1 rings (SSSR count). The van der Waals surface area contributed by atoms with Crippen molar-refractivity contribution in [2.24, 2.45) is 0 Å². The zero-order valence-corrected chi connectivity index (χ0v) is 12.0. The van der Waals surface area contributed by atoms with Crippen molar-refractivity contribution in [2.45, 2.75) is 12.5 Å². The average Bonchev–Trinajstić information content (AvgIpc) is 2.47. The fourth-order valence-electron chi connectivity index (χ4n) is 1.70. The Labute approximate surface area is 113 Å². The van der Waals surface area contributed by atoms with E-state index in [1.165, 1.54) is 21.3 Å². The number of rotatable bonds is 6. The summed E-state index contributed by atoms with van der Waals surface area (Å²) in [5.74, 6) is -9.84. The largest absolute Gasteiger partial charge is 0.500 e. The maximum atomic E-state index is 13.5. The van der Waals surface area contributed by atoms with E-state index in [0.717, 1.165) is 0 Å². The van der Waals surface area contributed by atoms with Gasteiger partial charge in [0, 0.05) is 32.9 Å². The van der Waals surface area contributed by atoms with E-state index in [2.05, 4.69) is 0 Å². The molecule has 0 radical (unpaired) electrons. The molecule has 0 unspecified atom stereocenters. The van der Waals surface area contributed by atoms with Crippen molar-refractivity contribution in [1.29, 1.82) is 0 Å². The van der Waals surface area contributed by atoms with Gasteiger partial charge in [0.1, 0.15) is 0 Å². The summed E-state index contributed by atoms with van der Waals surface area (Å²) in [6.45, 7) is 0. The highest BCUT2D eigenvalue weighted by Gasteiger charge is 2.38. The molecule has 1 aromatic carbocycles. The summed E-state index contributed by atoms with van der Waals surface area (Å²) in [5, 5.41) is 0. The van der Waals surface area contributed by atoms with Crippen LogP contribution in [0.1, 0.15) is 5.56 Å². The molecule has 0 amide bonds. The lowest BCUT2D eigenvalue weighted by molar-refractivity contribution is 0.123. The summed E-state index contributed by atoms with van der Waals surface area (Å²) in [7, 11) is 0.660. The summed E-state index contributed by atoms with van der Waals surface area (Å²) >= 11 is 0. The van der Waals surface area contributed by atoms with Gasteiger partial charge in [0.15, 0.2) is 23.3 Å². The van der Waals surface area contributed by atoms with E-state index in [1.807, 2.05) is 0 Å². The molecule has 0 aliphatic rings. The molecule has 0 saturated carbocycles. The second-order valence-electron chi connectivity index (χ2n) is 3.84. The van der Waals surface area contributed by atoms with E-state index in [0.29, 0.717) is 0 Å². The van der Waals surface area contributed by atoms with E-state index in [-0.39, 0.29) is 6.04 Å². The second-order valence-corrected chi connectivity index (χ2v) is 6.93. The van der Waals surface area contributed by atoms with E-state index in [4.69, 9.17) is 13.3 Å². The van der Waals surface area contributed by atoms with E-state index >= 15 is 0 Å². The zero-order valence-electron chi connectivity index (χ0n) is 11.0. The van der Waals surface area contributed by atoms with Gasteiger partial charge in [-0.3, -0.25) is 0 Å². The Balaban J connectivity index is 3.11. The molecule has 0 bridgehead atoms. The average molecular weight is 316 g/mol. The van der Waals surface area contributed by atoms with Gasteiger partial charge in [0.05, 0.1) is 0 Å². The van der Waals surface area contributed by atoms with Gasteiger partial charge in [0.25, 0.3) is 0 Å². The van der Waals surface area contributed by atoms with Crippen molar-refractivity contribution in [3.05, 3.63) is 34.6 Å². The summed E-state index contributed by atoms with van der Waals surface area (Å²) < 4.78 is 80.9. The standard InChI is InChI=1S/C11H13F5O3Si/c1-17-20(18-2,19-3)5-4-6-7(12)9(14)11(16)10(15)8(6)13/h4-5H2,1-3H3. The fourth-order valence-corrected chi connectivity index (χ4v) is 3.37. The van der Waals surface area contributed by atoms with Crippen LogP contribution in [0.3, 0.4) is 0 Å². The van der Waals surface area contributed by atoms with Crippen LogP contribution in [0.25, 0.3) is 0 Å². The van der Waals surface area contributed by atoms with Crippen molar-refractivity contribution in [2.75, 3.05) is 21.3 Å². The molecule has 1 aromatic rings. The first-order valence-corrected chi connectivity index (χ1v) is 7.42. The predicted molar refractivity (Wildman–Crippen MR) is 61.5 cm³/mol. The van der Waals surface area contributed by atoms with Gasteiger partial charge in [-0.1, -0.05) is 0 Å². The molecule has 0 atom stereocenters. The van der Waals surface area contributed by atoms with Crippen molar-refractivity contribution in [3.8, 4) is 0 Å². The lowest BCUT2D eigenvalue weighted by Gasteiger charge is -2.24. The van der Waals surface area contributed by atoms with E-state index < -0.39 is 49.9 Å². The Bertz CT molecular complexity index is 456. The third-order valence-electron chi connectivity index (χ3n) is 2.91. The predicted octanol–water partition coefficient (Wildman–Crippen LogP) is 2.80. The van der Waals surface area contributed by atoms with Gasteiger partial charge in [0.2, 0.25) is 5.82 Å². The maximum absolute atomic E-state index is 13.5. The molecule has 9 heteroatoms. The molecule has 0 N–H and O–H groups in total. The van der Waals surface area contributed by atoms with Crippen molar-refractivity contribution < 1.29 is 35.2 Å². The van der Waals surface area contributed by atoms with Crippen molar-refractivity contribution in [3.63, 3.8) is 0 Å². The molecule has 0 spiro atoms. The molecular weight excluding hydrogens is 303 g/mol. The van der Waals surface area contributed by atoms with Gasteiger partial charge in [-0.2, -0.15) is 0 Å². The molecule has 0 aromatic heterocycles. The Morgan fingerprint density at radius 2 is 1.05 bits per heavy atom. The van der Waals surface area contributed by atoms with Crippen LogP contribution in [-0.2, 0) is 19.7 Å². The maximum Gasteiger partial charge on any atom is 0.500 e. The molecule has 0 saturated heterocycles. The fraction of sp³-hybridized carbons (Fsp3) is 0.455. The highest BCUT2D eigenvalue weighted by Crippen LogP contribution is 2.26. The molecule has 3 nitrogen and oxygen atoms in total. The van der Waals surface area contributed by atoms with Gasteiger partial charge in [-0.15, -0.1) is 0 Å². The van der Waals surface area contributed by atoms with Gasteiger partial charge < -0.3 is 13.3 Å². The minimum atomic E-state index is -3.17. The topological polar surface area (TPSA) is 27.7 Å². The first kappa shape index (κ1) is 17.0. The molecule has 0 aliphatic heterocycles. The third-order valence-corrected chi connectivity index (χ3v) is 5.64. The number of halogens is 5. The van der Waals surface area contributed by atoms with Gasteiger partial charge >= 0.3 is 8.80 Å². The van der Waals surface area contributed by atoms with E-state index in [1.54, 1.807) is 0 Å². The molecule has 0 fully saturated rings. The van der Waals surface area contributed by atoms with E-state index in [9.17, 15) is 22.0 Å². The molecule has 114 valence electrons. The first-order chi connectivity index (χ1) is 9.33. The molecule has 0 heterocycles. The third kappa shape index (κ3) is 3.00. The van der Waals surface area contributed by atoms with Crippen LogP contribution in [0.5, 0.6) is 0 Å². The van der Waals surface area contributed by atoms with Crippen LogP contribution in [0.2, 0.25) is 6.04 Å². The van der Waals surface area contributed by atoms with Gasteiger partial charge in [-0.25, -0.2) is 22.0 Å². The Morgan fingerprint density at radius 3 is 1.40 bits per heavy atom. The Kier molecular flexibility index (Phi) is 5.63. The molecular formula is C11H13F5O3Si.